The molecule has 0 spiro atoms. The number of ether oxygens (including phenoxy) is 1. The fourth-order valence-corrected chi connectivity index (χ4v) is 7.91. The molecule has 1 aromatic heterocycles. The molecule has 2 amide bonds. The average molecular weight is 597 g/mol. The molecule has 6 unspecified atom stereocenters. The van der Waals surface area contributed by atoms with Crippen LogP contribution in [0.4, 0.5) is 5.69 Å². The third kappa shape index (κ3) is 4.28. The number of pyridine rings is 1. The Kier molecular flexibility index (Phi) is 6.17. The molecule has 3 aromatic carbocycles. The van der Waals surface area contributed by atoms with Crippen molar-refractivity contribution < 1.29 is 23.9 Å². The zero-order chi connectivity index (χ0) is 31.1. The highest BCUT2D eigenvalue weighted by atomic mass is 16.5. The topological polar surface area (TPSA) is 93.6 Å². The van der Waals surface area contributed by atoms with Gasteiger partial charge in [-0.25, -0.2) is 9.78 Å². The van der Waals surface area contributed by atoms with Crippen LogP contribution in [-0.2, 0) is 14.3 Å². The van der Waals surface area contributed by atoms with Crippen molar-refractivity contribution in [1.29, 1.82) is 0 Å². The highest BCUT2D eigenvalue weighted by Crippen LogP contribution is 2.65. The number of nitrogens with zero attached hydrogens (tertiary/aromatic N) is 2. The van der Waals surface area contributed by atoms with Crippen molar-refractivity contribution in [3.63, 3.8) is 0 Å². The minimum atomic E-state index is -0.611. The highest BCUT2D eigenvalue weighted by Gasteiger charge is 2.67. The van der Waals surface area contributed by atoms with Crippen molar-refractivity contribution in [2.75, 3.05) is 11.5 Å². The summed E-state index contributed by atoms with van der Waals surface area (Å²) >= 11 is 0. The summed E-state index contributed by atoms with van der Waals surface area (Å²) in [6, 6.07) is 19.9. The Labute approximate surface area is 260 Å². The van der Waals surface area contributed by atoms with Crippen LogP contribution in [0.15, 0.2) is 78.9 Å². The van der Waals surface area contributed by atoms with Crippen LogP contribution in [0, 0.1) is 56.3 Å². The summed E-state index contributed by atoms with van der Waals surface area (Å²) in [5.74, 6) is -0.140. The predicted molar refractivity (Wildman–Crippen MR) is 170 cm³/mol. The molecule has 45 heavy (non-hydrogen) atoms. The molecule has 9 rings (SSSR count). The Morgan fingerprint density at radius 1 is 0.822 bits per heavy atom. The van der Waals surface area contributed by atoms with E-state index in [1.165, 1.54) is 4.90 Å². The molecule has 224 valence electrons. The summed E-state index contributed by atoms with van der Waals surface area (Å²) < 4.78 is 5.54. The van der Waals surface area contributed by atoms with Gasteiger partial charge in [-0.15, -0.1) is 0 Å². The monoisotopic (exact) mass is 596 g/mol. The van der Waals surface area contributed by atoms with E-state index < -0.39 is 5.97 Å². The van der Waals surface area contributed by atoms with E-state index in [-0.39, 0.29) is 47.9 Å². The average Bonchev–Trinajstić information content (AvgIpc) is 3.83. The Bertz CT molecular complexity index is 1960. The third-order valence-corrected chi connectivity index (χ3v) is 10.5. The van der Waals surface area contributed by atoms with Crippen LogP contribution in [0.2, 0.25) is 0 Å². The van der Waals surface area contributed by atoms with E-state index in [2.05, 4.69) is 12.2 Å². The van der Waals surface area contributed by atoms with Gasteiger partial charge in [0.05, 0.1) is 34.3 Å². The fourth-order valence-electron chi connectivity index (χ4n) is 7.91. The number of allylic oxidation sites excluding steroid dienone is 2. The number of carbonyl (C=O) groups excluding carboxylic acids is 4. The molecule has 2 saturated carbocycles. The smallest absolute Gasteiger partial charge is 0.339 e. The molecule has 1 saturated heterocycles. The first-order valence-electron chi connectivity index (χ1n) is 15.6. The van der Waals surface area contributed by atoms with Crippen molar-refractivity contribution in [2.24, 2.45) is 35.5 Å². The molecular formula is C38H32N2O5. The van der Waals surface area contributed by atoms with Crippen LogP contribution in [0.5, 0.6) is 0 Å². The van der Waals surface area contributed by atoms with E-state index >= 15 is 0 Å². The van der Waals surface area contributed by atoms with E-state index in [9.17, 15) is 19.2 Å². The van der Waals surface area contributed by atoms with Gasteiger partial charge >= 0.3 is 5.97 Å². The maximum absolute atomic E-state index is 13.6. The standard InChI is InChI=1S/C38H32N2O5/c1-19-7-8-23(15-21(19)3)32(41)18-45-38(44)30-17-31(39-35-20(2)5-4-6-27(30)35)22-9-11-24(12-10-22)40-36(42)33-25-13-14-26(29-16-28(25)29)34(33)37(40)43/h4-15,17,25-26,28-29,33-34H,16,18H2,1-3H3. The lowest BCUT2D eigenvalue weighted by Crippen LogP contribution is -2.40. The van der Waals surface area contributed by atoms with Gasteiger partial charge in [-0.1, -0.05) is 54.6 Å². The molecule has 6 atom stereocenters. The van der Waals surface area contributed by atoms with Gasteiger partial charge in [-0.05, 0) is 91.8 Å². The molecule has 7 heteroatoms. The van der Waals surface area contributed by atoms with Gasteiger partial charge in [-0.2, -0.15) is 0 Å². The van der Waals surface area contributed by atoms with Crippen molar-refractivity contribution >= 4 is 40.2 Å². The van der Waals surface area contributed by atoms with Crippen LogP contribution in [0.3, 0.4) is 0 Å². The summed E-state index contributed by atoms with van der Waals surface area (Å²) in [6.45, 7) is 5.47. The Morgan fingerprint density at radius 2 is 1.51 bits per heavy atom. The predicted octanol–water partition coefficient (Wildman–Crippen LogP) is 6.42. The first kappa shape index (κ1) is 27.6. The van der Waals surface area contributed by atoms with E-state index in [4.69, 9.17) is 9.72 Å². The Balaban J connectivity index is 1.07. The van der Waals surface area contributed by atoms with Crippen molar-refractivity contribution in [3.05, 3.63) is 107 Å². The van der Waals surface area contributed by atoms with Crippen LogP contribution >= 0.6 is 0 Å². The number of rotatable bonds is 6. The fraction of sp³-hybridized carbons (Fsp3) is 0.289. The number of para-hydroxylation sites is 1. The molecule has 7 nitrogen and oxygen atoms in total. The van der Waals surface area contributed by atoms with E-state index in [1.807, 2.05) is 57.2 Å². The second kappa shape index (κ2) is 10.1. The van der Waals surface area contributed by atoms with Gasteiger partial charge in [-0.3, -0.25) is 19.3 Å². The van der Waals surface area contributed by atoms with Gasteiger partial charge in [0, 0.05) is 16.5 Å². The molecule has 0 radical (unpaired) electrons. The number of ketones is 1. The molecule has 4 aromatic rings. The number of fused-ring (bicyclic) bond motifs is 1. The molecule has 5 aliphatic rings. The number of aryl methyl sites for hydroxylation is 3. The second-order valence-electron chi connectivity index (χ2n) is 13.0. The van der Waals surface area contributed by atoms with Crippen molar-refractivity contribution in [2.45, 2.75) is 27.2 Å². The summed E-state index contributed by atoms with van der Waals surface area (Å²) in [7, 11) is 0. The number of amides is 2. The number of Topliss-reactive ketones (excluding diaryl/α,β-unsaturated/α-hetero) is 1. The lowest BCUT2D eigenvalue weighted by molar-refractivity contribution is -0.124. The van der Waals surface area contributed by atoms with Crippen molar-refractivity contribution in [3.8, 4) is 11.3 Å². The number of esters is 1. The number of hydrogen-bond acceptors (Lipinski definition) is 6. The minimum Gasteiger partial charge on any atom is -0.454 e. The summed E-state index contributed by atoms with van der Waals surface area (Å²) in [5, 5.41) is 0.635. The lowest BCUT2D eigenvalue weighted by atomic mass is 9.63. The molecule has 2 heterocycles. The lowest BCUT2D eigenvalue weighted by Gasteiger charge is -2.37. The normalized spacial score (nSPS) is 25.8. The number of aromatic nitrogens is 1. The first-order valence-corrected chi connectivity index (χ1v) is 15.6. The van der Waals surface area contributed by atoms with E-state index in [0.29, 0.717) is 45.2 Å². The number of carbonyl (C=O) groups is 4. The maximum Gasteiger partial charge on any atom is 0.339 e. The van der Waals surface area contributed by atoms with Crippen LogP contribution in [0.1, 0.15) is 43.8 Å². The Morgan fingerprint density at radius 3 is 2.18 bits per heavy atom. The second-order valence-corrected chi connectivity index (χ2v) is 13.0. The van der Waals surface area contributed by atoms with Gasteiger partial charge < -0.3 is 4.74 Å². The quantitative estimate of drug-likeness (QED) is 0.110. The van der Waals surface area contributed by atoms with Crippen LogP contribution in [-0.4, -0.2) is 35.2 Å². The van der Waals surface area contributed by atoms with Gasteiger partial charge in [0.25, 0.3) is 0 Å². The number of imide groups is 1. The van der Waals surface area contributed by atoms with Gasteiger partial charge in [0.2, 0.25) is 11.8 Å². The molecule has 1 aliphatic heterocycles. The molecule has 2 bridgehead atoms. The summed E-state index contributed by atoms with van der Waals surface area (Å²) in [5.41, 5.74) is 6.26. The van der Waals surface area contributed by atoms with Gasteiger partial charge in [0.1, 0.15) is 0 Å². The Hall–Kier alpha value is -4.91. The van der Waals surface area contributed by atoms with E-state index in [0.717, 1.165) is 28.7 Å². The SMILES string of the molecule is Cc1ccc(C(=O)COC(=O)c2cc(-c3ccc(N4C(=O)C5C6C=CC(C7CC67)C5C4=O)cc3)nc3c(C)cccc23)cc1C. The maximum atomic E-state index is 13.6. The minimum absolute atomic E-state index is 0.0951. The number of hydrogen-bond donors (Lipinski definition) is 0. The van der Waals surface area contributed by atoms with E-state index in [1.54, 1.807) is 30.3 Å². The summed E-state index contributed by atoms with van der Waals surface area (Å²) in [6.07, 6.45) is 5.47. The molecule has 4 aliphatic carbocycles. The molecule has 0 N–H and O–H groups in total. The third-order valence-electron chi connectivity index (χ3n) is 10.5. The largest absolute Gasteiger partial charge is 0.454 e. The zero-order valence-corrected chi connectivity index (χ0v) is 25.3. The van der Waals surface area contributed by atoms with Crippen LogP contribution in [0.25, 0.3) is 22.2 Å². The highest BCUT2D eigenvalue weighted by molar-refractivity contribution is 6.22. The number of benzene rings is 3. The first-order chi connectivity index (χ1) is 21.7. The molecular weight excluding hydrogens is 564 g/mol. The van der Waals surface area contributed by atoms with Crippen molar-refractivity contribution in [1.82, 2.24) is 4.98 Å². The zero-order valence-electron chi connectivity index (χ0n) is 25.3. The number of anilines is 1. The van der Waals surface area contributed by atoms with Gasteiger partial charge in [0.15, 0.2) is 12.4 Å². The summed E-state index contributed by atoms with van der Waals surface area (Å²) in [4.78, 5) is 59.7. The molecule has 3 fully saturated rings. The van der Waals surface area contributed by atoms with Crippen LogP contribution < -0.4 is 4.90 Å².